The average molecular weight is 427 g/mol. The van der Waals surface area contributed by atoms with Gasteiger partial charge in [-0.15, -0.1) is 0 Å². The monoisotopic (exact) mass is 426 g/mol. The first-order valence-electron chi connectivity index (χ1n) is 11.4. The maximum atomic E-state index is 12.5. The molecule has 0 aromatic rings. The van der Waals surface area contributed by atoms with Crippen LogP contribution in [0.3, 0.4) is 0 Å². The Morgan fingerprint density at radius 3 is 2.28 bits per heavy atom. The zero-order valence-corrected chi connectivity index (χ0v) is 20.6. The summed E-state index contributed by atoms with van der Waals surface area (Å²) in [6.45, 7) is 15.8. The van der Waals surface area contributed by atoms with Crippen LogP contribution in [0, 0.1) is 0 Å². The maximum absolute atomic E-state index is 12.5. The molecule has 2 heterocycles. The Morgan fingerprint density at radius 1 is 1.03 bits per heavy atom. The van der Waals surface area contributed by atoms with E-state index in [-0.39, 0.29) is 28.3 Å². The van der Waals surface area contributed by atoms with Crippen molar-refractivity contribution in [3.8, 4) is 0 Å². The molecule has 1 saturated heterocycles. The first-order chi connectivity index (χ1) is 13.5. The topological polar surface area (TPSA) is 54.0 Å². The van der Waals surface area contributed by atoms with E-state index in [1.54, 1.807) is 6.26 Å². The van der Waals surface area contributed by atoms with Gasteiger partial charge in [0.15, 0.2) is 6.10 Å². The summed E-state index contributed by atoms with van der Waals surface area (Å²) in [5.41, 5.74) is 0. The van der Waals surface area contributed by atoms with E-state index in [0.717, 1.165) is 12.8 Å². The highest BCUT2D eigenvalue weighted by Gasteiger charge is 2.63. The standard InChI is InChI=1S/C23H42O5Si/c1-8-9-10-11-12-13-14-20(24)27-18-15-16-25-19-17-26-29(22(2,3)4,23(5,6)7)28-21(18)19/h15-16,18-19,21H,8-14,17H2,1-7H3/t18-,19-,21+/m1/s1. The van der Waals surface area contributed by atoms with Crippen LogP contribution in [0.25, 0.3) is 0 Å². The largest absolute Gasteiger partial charge is 0.493 e. The van der Waals surface area contributed by atoms with Crippen molar-refractivity contribution in [2.24, 2.45) is 0 Å². The summed E-state index contributed by atoms with van der Waals surface area (Å²) in [6, 6.07) is 0. The second-order valence-electron chi connectivity index (χ2n) is 10.5. The van der Waals surface area contributed by atoms with E-state index in [1.165, 1.54) is 25.7 Å². The second-order valence-corrected chi connectivity index (χ2v) is 15.2. The number of rotatable bonds is 8. The van der Waals surface area contributed by atoms with Crippen LogP contribution in [0.5, 0.6) is 0 Å². The number of unbranched alkanes of at least 4 members (excludes halogenated alkanes) is 5. The van der Waals surface area contributed by atoms with Crippen molar-refractivity contribution >= 4 is 14.5 Å². The summed E-state index contributed by atoms with van der Waals surface area (Å²) >= 11 is 0. The van der Waals surface area contributed by atoms with Crippen molar-refractivity contribution in [1.82, 2.24) is 0 Å². The van der Waals surface area contributed by atoms with Crippen molar-refractivity contribution < 1.29 is 23.1 Å². The van der Waals surface area contributed by atoms with Gasteiger partial charge in [0.1, 0.15) is 12.2 Å². The molecule has 5 nitrogen and oxygen atoms in total. The Kier molecular flexibility index (Phi) is 8.39. The molecule has 0 aliphatic carbocycles. The lowest BCUT2D eigenvalue weighted by Crippen LogP contribution is -2.67. The Balaban J connectivity index is 2.00. The average Bonchev–Trinajstić information content (AvgIpc) is 2.62. The molecule has 0 aromatic carbocycles. The van der Waals surface area contributed by atoms with Gasteiger partial charge in [-0.25, -0.2) is 0 Å². The number of fused-ring (bicyclic) bond motifs is 1. The van der Waals surface area contributed by atoms with Gasteiger partial charge in [0.25, 0.3) is 0 Å². The lowest BCUT2D eigenvalue weighted by Gasteiger charge is -2.55. The normalized spacial score (nSPS) is 26.5. The quantitative estimate of drug-likeness (QED) is 0.270. The van der Waals surface area contributed by atoms with Gasteiger partial charge in [-0.2, -0.15) is 0 Å². The van der Waals surface area contributed by atoms with Crippen LogP contribution in [-0.4, -0.2) is 39.4 Å². The number of hydrogen-bond donors (Lipinski definition) is 0. The lowest BCUT2D eigenvalue weighted by atomic mass is 10.1. The number of carbonyl (C=O) groups excluding carboxylic acids is 1. The van der Waals surface area contributed by atoms with Crippen LogP contribution in [0.4, 0.5) is 0 Å². The molecule has 0 aromatic heterocycles. The minimum Gasteiger partial charge on any atom is -0.493 e. The molecule has 6 heteroatoms. The zero-order chi connectivity index (χ0) is 21.7. The van der Waals surface area contributed by atoms with Crippen molar-refractivity contribution in [3.63, 3.8) is 0 Å². The van der Waals surface area contributed by atoms with Crippen LogP contribution in [0.2, 0.25) is 10.1 Å². The summed E-state index contributed by atoms with van der Waals surface area (Å²) in [4.78, 5) is 12.5. The van der Waals surface area contributed by atoms with E-state index < -0.39 is 14.7 Å². The van der Waals surface area contributed by atoms with Gasteiger partial charge in [-0.3, -0.25) is 4.79 Å². The highest BCUT2D eigenvalue weighted by Crippen LogP contribution is 2.54. The van der Waals surface area contributed by atoms with Crippen LogP contribution in [0.15, 0.2) is 12.3 Å². The molecular formula is C23H42O5Si. The van der Waals surface area contributed by atoms with Crippen molar-refractivity contribution in [2.75, 3.05) is 6.61 Å². The first kappa shape index (κ1) is 24.4. The summed E-state index contributed by atoms with van der Waals surface area (Å²) in [5.74, 6) is -0.148. The first-order valence-corrected chi connectivity index (χ1v) is 13.2. The van der Waals surface area contributed by atoms with Gasteiger partial charge in [-0.05, 0) is 12.5 Å². The fourth-order valence-electron chi connectivity index (χ4n) is 4.60. The Morgan fingerprint density at radius 2 is 1.66 bits per heavy atom. The highest BCUT2D eigenvalue weighted by molar-refractivity contribution is 6.73. The number of esters is 1. The molecule has 29 heavy (non-hydrogen) atoms. The Hall–Kier alpha value is -0.853. The van der Waals surface area contributed by atoms with Crippen LogP contribution >= 0.6 is 0 Å². The smallest absolute Gasteiger partial charge is 0.349 e. The minimum absolute atomic E-state index is 0.121. The van der Waals surface area contributed by atoms with Crippen LogP contribution < -0.4 is 0 Å². The Bertz CT molecular complexity index is 547. The zero-order valence-electron chi connectivity index (χ0n) is 19.6. The number of hydrogen-bond acceptors (Lipinski definition) is 5. The minimum atomic E-state index is -2.64. The van der Waals surface area contributed by atoms with Gasteiger partial charge in [0.2, 0.25) is 0 Å². The molecule has 0 unspecified atom stereocenters. The van der Waals surface area contributed by atoms with Gasteiger partial charge in [0, 0.05) is 16.5 Å². The third-order valence-electron chi connectivity index (χ3n) is 5.94. The van der Waals surface area contributed by atoms with Gasteiger partial charge >= 0.3 is 14.5 Å². The molecular weight excluding hydrogens is 384 g/mol. The Labute approximate surface area is 178 Å². The summed E-state index contributed by atoms with van der Waals surface area (Å²) in [7, 11) is -2.64. The van der Waals surface area contributed by atoms with Crippen molar-refractivity contribution in [1.29, 1.82) is 0 Å². The second kappa shape index (κ2) is 9.97. The van der Waals surface area contributed by atoms with Crippen LogP contribution in [-0.2, 0) is 23.1 Å². The fourth-order valence-corrected chi connectivity index (χ4v) is 9.56. The van der Waals surface area contributed by atoms with E-state index in [9.17, 15) is 4.79 Å². The molecule has 3 atom stereocenters. The molecule has 2 aliphatic heterocycles. The van der Waals surface area contributed by atoms with E-state index >= 15 is 0 Å². The van der Waals surface area contributed by atoms with Gasteiger partial charge in [-0.1, -0.05) is 80.6 Å². The molecule has 0 N–H and O–H groups in total. The predicted octanol–water partition coefficient (Wildman–Crippen LogP) is 6.02. The molecule has 1 fully saturated rings. The summed E-state index contributed by atoms with van der Waals surface area (Å²) in [6.07, 6.45) is 9.85. The summed E-state index contributed by atoms with van der Waals surface area (Å²) in [5, 5.41) is -0.241. The van der Waals surface area contributed by atoms with E-state index in [2.05, 4.69) is 48.5 Å². The maximum Gasteiger partial charge on any atom is 0.349 e. The molecule has 2 aliphatic rings. The number of ether oxygens (including phenoxy) is 2. The molecule has 0 spiro atoms. The van der Waals surface area contributed by atoms with Crippen molar-refractivity contribution in [3.05, 3.63) is 12.3 Å². The third-order valence-corrected chi connectivity index (χ3v) is 11.1. The number of carbonyl (C=O) groups is 1. The molecule has 168 valence electrons. The van der Waals surface area contributed by atoms with E-state index in [1.807, 2.05) is 6.08 Å². The van der Waals surface area contributed by atoms with Crippen LogP contribution in [0.1, 0.15) is 93.4 Å². The molecule has 0 bridgehead atoms. The van der Waals surface area contributed by atoms with Crippen molar-refractivity contribution in [2.45, 2.75) is 122 Å². The van der Waals surface area contributed by atoms with E-state index in [4.69, 9.17) is 18.3 Å². The van der Waals surface area contributed by atoms with E-state index in [0.29, 0.717) is 13.0 Å². The lowest BCUT2D eigenvalue weighted by molar-refractivity contribution is -0.166. The SMILES string of the molecule is CCCCCCCCC(=O)O[C@@H]1C=CO[C@@H]2CO[Si](C(C)(C)C)(C(C)(C)C)O[C@@H]12. The third kappa shape index (κ3) is 5.86. The highest BCUT2D eigenvalue weighted by atomic mass is 28.4. The molecule has 0 amide bonds. The molecule has 0 saturated carbocycles. The fraction of sp³-hybridized carbons (Fsp3) is 0.870. The summed E-state index contributed by atoms with van der Waals surface area (Å²) < 4.78 is 24.8. The van der Waals surface area contributed by atoms with Gasteiger partial charge < -0.3 is 18.3 Å². The molecule has 2 rings (SSSR count). The van der Waals surface area contributed by atoms with Gasteiger partial charge in [0.05, 0.1) is 12.9 Å². The molecule has 0 radical (unpaired) electrons. The predicted molar refractivity (Wildman–Crippen MR) is 118 cm³/mol.